The van der Waals surface area contributed by atoms with Crippen LogP contribution < -0.4 is 9.47 Å². The number of allylic oxidation sites excluding steroid dienone is 1. The Morgan fingerprint density at radius 1 is 1.28 bits per heavy atom. The minimum Gasteiger partial charge on any atom is -0.493 e. The third kappa shape index (κ3) is 4.50. The standard InChI is InChI=1S/C18H12Cl2FNO3/c1-24-16-10-11(3-7-15(16)25-9-8-22)2-6-14(23)17-12(19)4-5-13(21)18(17)20/h2-7,10H,9H2,1H3/b6-2+. The molecule has 0 bridgehead atoms. The Balaban J connectivity index is 2.26. The van der Waals surface area contributed by atoms with Crippen LogP contribution in [-0.2, 0) is 0 Å². The van der Waals surface area contributed by atoms with E-state index in [0.29, 0.717) is 17.1 Å². The van der Waals surface area contributed by atoms with Gasteiger partial charge in [-0.05, 0) is 35.9 Å². The summed E-state index contributed by atoms with van der Waals surface area (Å²) in [4.78, 5) is 12.3. The molecule has 0 N–H and O–H groups in total. The lowest BCUT2D eigenvalue weighted by Crippen LogP contribution is -1.99. The highest BCUT2D eigenvalue weighted by Crippen LogP contribution is 2.30. The zero-order chi connectivity index (χ0) is 18.4. The highest BCUT2D eigenvalue weighted by atomic mass is 35.5. The number of carbonyl (C=O) groups is 1. The lowest BCUT2D eigenvalue weighted by atomic mass is 10.1. The first-order valence-corrected chi connectivity index (χ1v) is 7.77. The second-order valence-electron chi connectivity index (χ2n) is 4.77. The number of nitriles is 1. The molecule has 0 aliphatic heterocycles. The first-order valence-electron chi connectivity index (χ1n) is 7.01. The summed E-state index contributed by atoms with van der Waals surface area (Å²) in [5, 5.41) is 8.30. The van der Waals surface area contributed by atoms with Crippen LogP contribution in [0.1, 0.15) is 15.9 Å². The van der Waals surface area contributed by atoms with E-state index in [1.165, 1.54) is 25.3 Å². The Labute approximate surface area is 154 Å². The quantitative estimate of drug-likeness (QED) is 0.405. The van der Waals surface area contributed by atoms with E-state index in [9.17, 15) is 9.18 Å². The number of nitrogens with zero attached hydrogens (tertiary/aromatic N) is 1. The van der Waals surface area contributed by atoms with Crippen molar-refractivity contribution >= 4 is 35.1 Å². The molecule has 2 aromatic rings. The minimum absolute atomic E-state index is 0.0684. The van der Waals surface area contributed by atoms with Gasteiger partial charge in [-0.3, -0.25) is 4.79 Å². The van der Waals surface area contributed by atoms with Gasteiger partial charge in [0.05, 0.1) is 22.7 Å². The Hall–Kier alpha value is -2.55. The van der Waals surface area contributed by atoms with Crippen molar-refractivity contribution in [2.75, 3.05) is 13.7 Å². The summed E-state index contributed by atoms with van der Waals surface area (Å²) >= 11 is 11.7. The molecule has 2 rings (SSSR count). The SMILES string of the molecule is COc1cc(/C=C/C(=O)c2c(Cl)ccc(F)c2Cl)ccc1OCC#N. The van der Waals surface area contributed by atoms with E-state index in [4.69, 9.17) is 37.9 Å². The molecule has 7 heteroatoms. The molecule has 0 unspecified atom stereocenters. The molecule has 0 aliphatic rings. The highest BCUT2D eigenvalue weighted by Gasteiger charge is 2.16. The maximum atomic E-state index is 13.5. The van der Waals surface area contributed by atoms with Gasteiger partial charge in [0.2, 0.25) is 0 Å². The number of ketones is 1. The molecular formula is C18H12Cl2FNO3. The maximum absolute atomic E-state index is 13.5. The number of methoxy groups -OCH3 is 1. The topological polar surface area (TPSA) is 59.3 Å². The third-order valence-electron chi connectivity index (χ3n) is 3.20. The predicted molar refractivity (Wildman–Crippen MR) is 93.9 cm³/mol. The summed E-state index contributed by atoms with van der Waals surface area (Å²) < 4.78 is 23.9. The first-order chi connectivity index (χ1) is 12.0. The van der Waals surface area contributed by atoms with Crippen LogP contribution in [0.2, 0.25) is 10.0 Å². The molecule has 0 amide bonds. The summed E-state index contributed by atoms with van der Waals surface area (Å²) in [5.74, 6) is -0.433. The van der Waals surface area contributed by atoms with E-state index in [-0.39, 0.29) is 22.2 Å². The summed E-state index contributed by atoms with van der Waals surface area (Å²) in [6.45, 7) is -0.111. The molecule has 0 heterocycles. The summed E-state index contributed by atoms with van der Waals surface area (Å²) in [5.41, 5.74) is 0.540. The third-order valence-corrected chi connectivity index (χ3v) is 3.88. The molecule has 4 nitrogen and oxygen atoms in total. The van der Waals surface area contributed by atoms with E-state index in [0.717, 1.165) is 6.07 Å². The van der Waals surface area contributed by atoms with E-state index >= 15 is 0 Å². The molecule has 0 fully saturated rings. The van der Waals surface area contributed by atoms with Crippen LogP contribution in [0.15, 0.2) is 36.4 Å². The Kier molecular flexibility index (Phi) is 6.40. The van der Waals surface area contributed by atoms with Crippen molar-refractivity contribution < 1.29 is 18.7 Å². The zero-order valence-electron chi connectivity index (χ0n) is 13.1. The molecule has 0 spiro atoms. The first kappa shape index (κ1) is 18.8. The normalized spacial score (nSPS) is 10.5. The Morgan fingerprint density at radius 2 is 2.04 bits per heavy atom. The van der Waals surface area contributed by atoms with E-state index in [2.05, 4.69) is 0 Å². The van der Waals surface area contributed by atoms with Crippen molar-refractivity contribution in [2.24, 2.45) is 0 Å². The summed E-state index contributed by atoms with van der Waals surface area (Å²) in [7, 11) is 1.46. The van der Waals surface area contributed by atoms with Crippen LogP contribution in [0.3, 0.4) is 0 Å². The fraction of sp³-hybridized carbons (Fsp3) is 0.111. The number of halogens is 3. The van der Waals surface area contributed by atoms with Crippen molar-refractivity contribution in [2.45, 2.75) is 0 Å². The van der Waals surface area contributed by atoms with Gasteiger partial charge < -0.3 is 9.47 Å². The molecule has 0 radical (unpaired) electrons. The molecule has 25 heavy (non-hydrogen) atoms. The molecule has 0 aliphatic carbocycles. The second kappa shape index (κ2) is 8.52. The molecule has 0 saturated heterocycles. The molecule has 2 aromatic carbocycles. The number of rotatable bonds is 6. The van der Waals surface area contributed by atoms with E-state index in [1.54, 1.807) is 18.2 Å². The van der Waals surface area contributed by atoms with Gasteiger partial charge in [-0.15, -0.1) is 0 Å². The predicted octanol–water partition coefficient (Wildman–Crippen LogP) is 4.94. The zero-order valence-corrected chi connectivity index (χ0v) is 14.6. The fourth-order valence-corrected chi connectivity index (χ4v) is 2.58. The average molecular weight is 380 g/mol. The molecule has 128 valence electrons. The second-order valence-corrected chi connectivity index (χ2v) is 5.56. The van der Waals surface area contributed by atoms with Crippen molar-refractivity contribution in [1.82, 2.24) is 0 Å². The van der Waals surface area contributed by atoms with Crippen LogP contribution in [0, 0.1) is 17.1 Å². The van der Waals surface area contributed by atoms with E-state index < -0.39 is 11.6 Å². The van der Waals surface area contributed by atoms with Crippen LogP contribution in [0.25, 0.3) is 6.08 Å². The van der Waals surface area contributed by atoms with Gasteiger partial charge >= 0.3 is 0 Å². The summed E-state index contributed by atoms with van der Waals surface area (Å²) in [6.07, 6.45) is 2.74. The smallest absolute Gasteiger partial charge is 0.188 e. The van der Waals surface area contributed by atoms with Gasteiger partial charge in [-0.25, -0.2) is 4.39 Å². The number of hydrogen-bond acceptors (Lipinski definition) is 4. The van der Waals surface area contributed by atoms with Gasteiger partial charge in [-0.2, -0.15) is 5.26 Å². The van der Waals surface area contributed by atoms with Crippen molar-refractivity contribution in [3.8, 4) is 17.6 Å². The van der Waals surface area contributed by atoms with Crippen molar-refractivity contribution in [3.05, 3.63) is 63.4 Å². The Morgan fingerprint density at radius 3 is 2.72 bits per heavy atom. The van der Waals surface area contributed by atoms with Gasteiger partial charge in [-0.1, -0.05) is 35.3 Å². The maximum Gasteiger partial charge on any atom is 0.188 e. The number of ether oxygens (including phenoxy) is 2. The van der Waals surface area contributed by atoms with E-state index in [1.807, 2.05) is 6.07 Å². The van der Waals surface area contributed by atoms with Gasteiger partial charge in [0, 0.05) is 0 Å². The van der Waals surface area contributed by atoms with Crippen LogP contribution in [0.4, 0.5) is 4.39 Å². The van der Waals surface area contributed by atoms with Crippen LogP contribution >= 0.6 is 23.2 Å². The monoisotopic (exact) mass is 379 g/mol. The van der Waals surface area contributed by atoms with Gasteiger partial charge in [0.15, 0.2) is 23.9 Å². The Bertz CT molecular complexity index is 875. The largest absolute Gasteiger partial charge is 0.493 e. The molecule has 0 atom stereocenters. The number of hydrogen-bond donors (Lipinski definition) is 0. The minimum atomic E-state index is -0.719. The van der Waals surface area contributed by atoms with Crippen molar-refractivity contribution in [1.29, 1.82) is 5.26 Å². The van der Waals surface area contributed by atoms with Crippen molar-refractivity contribution in [3.63, 3.8) is 0 Å². The fourth-order valence-electron chi connectivity index (χ4n) is 2.03. The lowest BCUT2D eigenvalue weighted by molar-refractivity contribution is 0.104. The molecular weight excluding hydrogens is 368 g/mol. The highest BCUT2D eigenvalue weighted by molar-refractivity contribution is 6.40. The lowest BCUT2D eigenvalue weighted by Gasteiger charge is -2.09. The van der Waals surface area contributed by atoms with Gasteiger partial charge in [0.25, 0.3) is 0 Å². The number of carbonyl (C=O) groups excluding carboxylic acids is 1. The molecule has 0 aromatic heterocycles. The summed E-state index contributed by atoms with van der Waals surface area (Å²) in [6, 6.07) is 9.15. The van der Waals surface area contributed by atoms with Crippen LogP contribution in [0.5, 0.6) is 11.5 Å². The average Bonchev–Trinajstić information content (AvgIpc) is 2.61. The number of benzene rings is 2. The molecule has 0 saturated carbocycles. The van der Waals surface area contributed by atoms with Crippen LogP contribution in [-0.4, -0.2) is 19.5 Å². The van der Waals surface area contributed by atoms with Gasteiger partial charge in [0.1, 0.15) is 11.9 Å².